The lowest BCUT2D eigenvalue weighted by molar-refractivity contribution is 0.414. The molecule has 98 valence electrons. The van der Waals surface area contributed by atoms with Crippen molar-refractivity contribution in [1.29, 1.82) is 0 Å². The van der Waals surface area contributed by atoms with Gasteiger partial charge in [-0.2, -0.15) is 0 Å². The molecule has 1 aliphatic carbocycles. The fraction of sp³-hybridized carbons (Fsp3) is 0.294. The first-order chi connectivity index (χ1) is 9.19. The number of fused-ring (bicyclic) bond motifs is 3. The molecule has 0 spiro atoms. The van der Waals surface area contributed by atoms with E-state index in [2.05, 4.69) is 49.3 Å². The smallest absolute Gasteiger partial charge is 0.119 e. The Labute approximate surface area is 114 Å². The molecule has 0 bridgehead atoms. The van der Waals surface area contributed by atoms with Crippen LogP contribution < -0.4 is 9.64 Å². The lowest BCUT2D eigenvalue weighted by Crippen LogP contribution is -2.11. The van der Waals surface area contributed by atoms with Crippen molar-refractivity contribution in [1.82, 2.24) is 0 Å². The van der Waals surface area contributed by atoms with Crippen LogP contribution in [0.5, 0.6) is 5.75 Å². The second-order valence-electron chi connectivity index (χ2n) is 5.26. The molecular weight excluding hydrogens is 234 g/mol. The van der Waals surface area contributed by atoms with E-state index in [4.69, 9.17) is 4.74 Å². The van der Waals surface area contributed by atoms with Crippen LogP contribution >= 0.6 is 0 Å². The summed E-state index contributed by atoms with van der Waals surface area (Å²) in [7, 11) is 5.90. The van der Waals surface area contributed by atoms with Gasteiger partial charge in [0.1, 0.15) is 5.75 Å². The van der Waals surface area contributed by atoms with E-state index in [0.29, 0.717) is 0 Å². The van der Waals surface area contributed by atoms with Gasteiger partial charge in [-0.15, -0.1) is 0 Å². The number of ether oxygens (including phenoxy) is 1. The molecule has 0 amide bonds. The molecule has 2 nitrogen and oxygen atoms in total. The van der Waals surface area contributed by atoms with Crippen molar-refractivity contribution in [2.45, 2.75) is 12.8 Å². The van der Waals surface area contributed by atoms with Gasteiger partial charge in [-0.1, -0.05) is 12.1 Å². The van der Waals surface area contributed by atoms with Gasteiger partial charge in [-0.25, -0.2) is 0 Å². The molecule has 2 aromatic rings. The Kier molecular flexibility index (Phi) is 2.94. The predicted octanol–water partition coefficient (Wildman–Crippen LogP) is 3.53. The van der Waals surface area contributed by atoms with E-state index in [1.165, 1.54) is 27.9 Å². The summed E-state index contributed by atoms with van der Waals surface area (Å²) in [5.41, 5.74) is 6.84. The van der Waals surface area contributed by atoms with E-state index < -0.39 is 0 Å². The minimum absolute atomic E-state index is 0.951. The van der Waals surface area contributed by atoms with Crippen LogP contribution in [0.15, 0.2) is 36.4 Å². The summed E-state index contributed by atoms with van der Waals surface area (Å²) in [6, 6.07) is 13.1. The van der Waals surface area contributed by atoms with Gasteiger partial charge in [0.25, 0.3) is 0 Å². The normalized spacial score (nSPS) is 12.6. The number of methoxy groups -OCH3 is 1. The molecule has 0 atom stereocenters. The van der Waals surface area contributed by atoms with E-state index in [1.807, 2.05) is 6.07 Å². The predicted molar refractivity (Wildman–Crippen MR) is 80.2 cm³/mol. The Morgan fingerprint density at radius 1 is 0.895 bits per heavy atom. The van der Waals surface area contributed by atoms with Gasteiger partial charge in [0.15, 0.2) is 0 Å². The molecule has 1 aliphatic rings. The highest BCUT2D eigenvalue weighted by molar-refractivity contribution is 5.76. The molecule has 0 saturated carbocycles. The first kappa shape index (κ1) is 12.1. The highest BCUT2D eigenvalue weighted by Gasteiger charge is 2.17. The number of rotatable bonds is 2. The lowest BCUT2D eigenvalue weighted by atomic mass is 9.85. The first-order valence-electron chi connectivity index (χ1n) is 6.66. The van der Waals surface area contributed by atoms with Crippen molar-refractivity contribution in [3.8, 4) is 16.9 Å². The Morgan fingerprint density at radius 2 is 1.53 bits per heavy atom. The Hall–Kier alpha value is -1.96. The van der Waals surface area contributed by atoms with Gasteiger partial charge >= 0.3 is 0 Å². The number of anilines is 1. The number of hydrogen-bond acceptors (Lipinski definition) is 2. The quantitative estimate of drug-likeness (QED) is 0.812. The fourth-order valence-electron chi connectivity index (χ4n) is 2.76. The summed E-state index contributed by atoms with van der Waals surface area (Å²) in [4.78, 5) is 2.16. The average molecular weight is 253 g/mol. The van der Waals surface area contributed by atoms with Gasteiger partial charge in [-0.3, -0.25) is 0 Å². The molecule has 0 N–H and O–H groups in total. The summed E-state index contributed by atoms with van der Waals surface area (Å²) in [6.45, 7) is 0. The summed E-state index contributed by atoms with van der Waals surface area (Å²) >= 11 is 0. The highest BCUT2D eigenvalue weighted by atomic mass is 16.5. The minimum atomic E-state index is 0.951. The minimum Gasteiger partial charge on any atom is -0.497 e. The molecule has 0 heterocycles. The summed E-state index contributed by atoms with van der Waals surface area (Å²) in [6.07, 6.45) is 2.20. The molecular formula is C17H19NO. The maximum atomic E-state index is 5.31. The van der Waals surface area contributed by atoms with E-state index in [0.717, 1.165) is 18.6 Å². The van der Waals surface area contributed by atoms with Gasteiger partial charge in [0, 0.05) is 19.8 Å². The fourth-order valence-corrected chi connectivity index (χ4v) is 2.76. The zero-order chi connectivity index (χ0) is 13.4. The van der Waals surface area contributed by atoms with Crippen molar-refractivity contribution < 1.29 is 4.74 Å². The van der Waals surface area contributed by atoms with Crippen molar-refractivity contribution in [2.75, 3.05) is 26.1 Å². The lowest BCUT2D eigenvalue weighted by Gasteiger charge is -2.23. The second-order valence-corrected chi connectivity index (χ2v) is 5.26. The van der Waals surface area contributed by atoms with Crippen molar-refractivity contribution in [3.63, 3.8) is 0 Å². The molecule has 0 aromatic heterocycles. The van der Waals surface area contributed by atoms with Crippen LogP contribution in [0.4, 0.5) is 5.69 Å². The SMILES string of the molecule is COc1ccc2c(c1)CCc1cc(N(C)C)ccc1-2. The van der Waals surface area contributed by atoms with Crippen LogP contribution in [-0.2, 0) is 12.8 Å². The Morgan fingerprint density at radius 3 is 2.16 bits per heavy atom. The highest BCUT2D eigenvalue weighted by Crippen LogP contribution is 2.36. The third-order valence-electron chi connectivity index (χ3n) is 3.87. The summed E-state index contributed by atoms with van der Waals surface area (Å²) < 4.78 is 5.31. The third kappa shape index (κ3) is 2.07. The van der Waals surface area contributed by atoms with Crippen molar-refractivity contribution >= 4 is 5.69 Å². The summed E-state index contributed by atoms with van der Waals surface area (Å²) in [5.74, 6) is 0.951. The Balaban J connectivity index is 2.09. The number of benzene rings is 2. The molecule has 19 heavy (non-hydrogen) atoms. The van der Waals surface area contributed by atoms with E-state index in [-0.39, 0.29) is 0 Å². The molecule has 3 rings (SSSR count). The van der Waals surface area contributed by atoms with Crippen molar-refractivity contribution in [3.05, 3.63) is 47.5 Å². The van der Waals surface area contributed by atoms with Crippen LogP contribution in [0.25, 0.3) is 11.1 Å². The van der Waals surface area contributed by atoms with Crippen LogP contribution in [0.2, 0.25) is 0 Å². The molecule has 0 aliphatic heterocycles. The monoisotopic (exact) mass is 253 g/mol. The molecule has 0 radical (unpaired) electrons. The topological polar surface area (TPSA) is 12.5 Å². The summed E-state index contributed by atoms with van der Waals surface area (Å²) in [5, 5.41) is 0. The molecule has 0 saturated heterocycles. The van der Waals surface area contributed by atoms with E-state index in [9.17, 15) is 0 Å². The maximum Gasteiger partial charge on any atom is 0.119 e. The molecule has 2 aromatic carbocycles. The van der Waals surface area contributed by atoms with Crippen LogP contribution in [0.1, 0.15) is 11.1 Å². The standard InChI is InChI=1S/C17H19NO/c1-18(2)14-6-8-16-12(10-14)4-5-13-11-15(19-3)7-9-17(13)16/h6-11H,4-5H2,1-3H3. The third-order valence-corrected chi connectivity index (χ3v) is 3.87. The molecule has 0 unspecified atom stereocenters. The average Bonchev–Trinajstić information content (AvgIpc) is 2.45. The van der Waals surface area contributed by atoms with Crippen molar-refractivity contribution in [2.24, 2.45) is 0 Å². The zero-order valence-corrected chi connectivity index (χ0v) is 11.7. The maximum absolute atomic E-state index is 5.31. The van der Waals surface area contributed by atoms with E-state index in [1.54, 1.807) is 7.11 Å². The van der Waals surface area contributed by atoms with E-state index >= 15 is 0 Å². The second kappa shape index (κ2) is 4.61. The van der Waals surface area contributed by atoms with Gasteiger partial charge < -0.3 is 9.64 Å². The largest absolute Gasteiger partial charge is 0.497 e. The van der Waals surface area contributed by atoms with Crippen LogP contribution in [0, 0.1) is 0 Å². The molecule has 0 fully saturated rings. The van der Waals surface area contributed by atoms with Gasteiger partial charge in [0.05, 0.1) is 7.11 Å². The van der Waals surface area contributed by atoms with Gasteiger partial charge in [-0.05, 0) is 59.4 Å². The van der Waals surface area contributed by atoms with Gasteiger partial charge in [0.2, 0.25) is 0 Å². The zero-order valence-electron chi connectivity index (χ0n) is 11.7. The number of nitrogens with zero attached hydrogens (tertiary/aromatic N) is 1. The van der Waals surface area contributed by atoms with Crippen LogP contribution in [0.3, 0.4) is 0 Å². The number of hydrogen-bond donors (Lipinski definition) is 0. The molecule has 2 heteroatoms. The number of aryl methyl sites for hydroxylation is 2. The van der Waals surface area contributed by atoms with Crippen LogP contribution in [-0.4, -0.2) is 21.2 Å². The Bertz CT molecular complexity index is 617. The first-order valence-corrected chi connectivity index (χ1v) is 6.66.